The van der Waals surface area contributed by atoms with Crippen LogP contribution < -0.4 is 0 Å². The van der Waals surface area contributed by atoms with Crippen LogP contribution in [0.4, 0.5) is 0 Å². The van der Waals surface area contributed by atoms with E-state index < -0.39 is 0 Å². The summed E-state index contributed by atoms with van der Waals surface area (Å²) in [5.41, 5.74) is 0. The Hall–Kier alpha value is 1.05. The van der Waals surface area contributed by atoms with E-state index in [-0.39, 0.29) is 0 Å². The Balaban J connectivity index is 1.62. The number of rotatable bonds is 2. The highest BCUT2D eigenvalue weighted by Crippen LogP contribution is 2.54. The van der Waals surface area contributed by atoms with Crippen molar-refractivity contribution in [1.29, 1.82) is 0 Å². The lowest BCUT2D eigenvalue weighted by atomic mass is 9.91. The molecule has 9 unspecified atom stereocenters. The zero-order valence-electron chi connectivity index (χ0n) is 13.5. The quantitative estimate of drug-likeness (QED) is 0.651. The molecule has 3 fully saturated rings. The molecule has 0 aromatic heterocycles. The molecule has 0 aliphatic carbocycles. The molecule has 3 rings (SSSR count). The minimum Gasteiger partial charge on any atom is -0.154 e. The standard InChI is InChI=1S/C17H30S3/c1-9-7-14(19-13(9)5)17-11(3)8-15(20-17)16-10(2)6-12(4)18-16/h9-17H,6-8H2,1-5H3. The lowest BCUT2D eigenvalue weighted by Crippen LogP contribution is -2.22. The highest BCUT2D eigenvalue weighted by Gasteiger charge is 2.46. The van der Waals surface area contributed by atoms with Gasteiger partial charge < -0.3 is 0 Å². The number of thioether (sulfide) groups is 3. The van der Waals surface area contributed by atoms with E-state index >= 15 is 0 Å². The highest BCUT2D eigenvalue weighted by molar-refractivity contribution is 8.06. The van der Waals surface area contributed by atoms with Crippen molar-refractivity contribution in [2.24, 2.45) is 17.8 Å². The third kappa shape index (κ3) is 3.06. The molecule has 0 spiro atoms. The molecule has 0 bridgehead atoms. The monoisotopic (exact) mass is 330 g/mol. The number of hydrogen-bond donors (Lipinski definition) is 0. The van der Waals surface area contributed by atoms with Crippen LogP contribution in [0.1, 0.15) is 53.9 Å². The first kappa shape index (κ1) is 15.9. The summed E-state index contributed by atoms with van der Waals surface area (Å²) in [6.07, 6.45) is 4.38. The summed E-state index contributed by atoms with van der Waals surface area (Å²) in [6, 6.07) is 0. The fourth-order valence-corrected chi connectivity index (χ4v) is 10.4. The fourth-order valence-electron chi connectivity index (χ4n) is 4.36. The third-order valence-electron chi connectivity index (χ3n) is 5.68. The molecule has 0 saturated carbocycles. The summed E-state index contributed by atoms with van der Waals surface area (Å²) < 4.78 is 0. The van der Waals surface area contributed by atoms with Crippen LogP contribution in [-0.2, 0) is 0 Å². The minimum absolute atomic E-state index is 0.881. The second-order valence-corrected chi connectivity index (χ2v) is 12.2. The van der Waals surface area contributed by atoms with Gasteiger partial charge in [0.05, 0.1) is 0 Å². The lowest BCUT2D eigenvalue weighted by Gasteiger charge is -2.24. The Kier molecular flexibility index (Phi) is 5.00. The van der Waals surface area contributed by atoms with Crippen LogP contribution in [0.3, 0.4) is 0 Å². The van der Waals surface area contributed by atoms with Crippen LogP contribution in [0.25, 0.3) is 0 Å². The van der Waals surface area contributed by atoms with E-state index in [0.717, 1.165) is 49.3 Å². The largest absolute Gasteiger partial charge is 0.154 e. The molecular weight excluding hydrogens is 300 g/mol. The van der Waals surface area contributed by atoms with Gasteiger partial charge in [-0.2, -0.15) is 35.3 Å². The van der Waals surface area contributed by atoms with Gasteiger partial charge in [-0.3, -0.25) is 0 Å². The van der Waals surface area contributed by atoms with Crippen molar-refractivity contribution in [3.63, 3.8) is 0 Å². The maximum absolute atomic E-state index is 2.53. The van der Waals surface area contributed by atoms with Crippen LogP contribution in [0, 0.1) is 17.8 Å². The van der Waals surface area contributed by atoms with Gasteiger partial charge in [-0.25, -0.2) is 0 Å². The second-order valence-electron chi connectivity index (χ2n) is 7.57. The van der Waals surface area contributed by atoms with E-state index in [1.807, 2.05) is 0 Å². The SMILES string of the molecule is CC1CC(C)C(C2CC(C)C(C3CC(C)C(C)S3)S2)S1. The van der Waals surface area contributed by atoms with Gasteiger partial charge in [-0.15, -0.1) is 0 Å². The summed E-state index contributed by atoms with van der Waals surface area (Å²) in [6.45, 7) is 12.3. The van der Waals surface area contributed by atoms with Gasteiger partial charge in [0.2, 0.25) is 0 Å². The predicted octanol–water partition coefficient (Wildman–Crippen LogP) is 5.56. The third-order valence-corrected chi connectivity index (χ3v) is 11.5. The summed E-state index contributed by atoms with van der Waals surface area (Å²) in [5, 5.41) is 5.51. The molecule has 0 N–H and O–H groups in total. The molecular formula is C17H30S3. The molecule has 0 radical (unpaired) electrons. The average Bonchev–Trinajstić information content (AvgIpc) is 2.99. The zero-order valence-corrected chi connectivity index (χ0v) is 16.0. The molecule has 3 heteroatoms. The molecule has 116 valence electrons. The lowest BCUT2D eigenvalue weighted by molar-refractivity contribution is 0.459. The first-order chi connectivity index (χ1) is 9.45. The molecule has 0 aromatic rings. The smallest absolute Gasteiger partial charge is 0.0195 e. The van der Waals surface area contributed by atoms with E-state index in [1.165, 1.54) is 19.3 Å². The van der Waals surface area contributed by atoms with Crippen molar-refractivity contribution in [1.82, 2.24) is 0 Å². The zero-order chi connectivity index (χ0) is 14.4. The summed E-state index contributed by atoms with van der Waals surface area (Å²) >= 11 is 6.97. The van der Waals surface area contributed by atoms with E-state index in [1.54, 1.807) is 0 Å². The Labute approximate surface area is 138 Å². The maximum Gasteiger partial charge on any atom is 0.0195 e. The average molecular weight is 331 g/mol. The van der Waals surface area contributed by atoms with E-state index in [0.29, 0.717) is 0 Å². The van der Waals surface area contributed by atoms with Crippen molar-refractivity contribution in [2.45, 2.75) is 85.4 Å². The van der Waals surface area contributed by atoms with Crippen LogP contribution in [0.5, 0.6) is 0 Å². The number of hydrogen-bond acceptors (Lipinski definition) is 3. The molecule has 0 amide bonds. The van der Waals surface area contributed by atoms with Crippen molar-refractivity contribution >= 4 is 35.3 Å². The van der Waals surface area contributed by atoms with Gasteiger partial charge in [-0.1, -0.05) is 34.6 Å². The van der Waals surface area contributed by atoms with E-state index in [4.69, 9.17) is 0 Å². The molecule has 3 aliphatic rings. The normalized spacial score (nSPS) is 56.5. The molecule has 0 aromatic carbocycles. The van der Waals surface area contributed by atoms with Crippen molar-refractivity contribution in [2.75, 3.05) is 0 Å². The first-order valence-electron chi connectivity index (χ1n) is 8.42. The van der Waals surface area contributed by atoms with Crippen molar-refractivity contribution in [3.8, 4) is 0 Å². The van der Waals surface area contributed by atoms with Gasteiger partial charge in [0.25, 0.3) is 0 Å². The maximum atomic E-state index is 2.53. The molecule has 0 nitrogen and oxygen atoms in total. The van der Waals surface area contributed by atoms with Crippen LogP contribution in [0.2, 0.25) is 0 Å². The molecule has 3 saturated heterocycles. The molecule has 3 heterocycles. The van der Waals surface area contributed by atoms with E-state index in [2.05, 4.69) is 69.9 Å². The Morgan fingerprint density at radius 1 is 0.600 bits per heavy atom. The van der Waals surface area contributed by atoms with Gasteiger partial charge in [0, 0.05) is 31.5 Å². The molecule has 3 aliphatic heterocycles. The highest BCUT2D eigenvalue weighted by atomic mass is 32.2. The van der Waals surface area contributed by atoms with Crippen molar-refractivity contribution < 1.29 is 0 Å². The topological polar surface area (TPSA) is 0 Å². The summed E-state index contributed by atoms with van der Waals surface area (Å²) in [7, 11) is 0. The molecule has 9 atom stereocenters. The van der Waals surface area contributed by atoms with Crippen LogP contribution >= 0.6 is 35.3 Å². The minimum atomic E-state index is 0.881. The summed E-state index contributed by atoms with van der Waals surface area (Å²) in [5.74, 6) is 2.80. The van der Waals surface area contributed by atoms with Crippen LogP contribution in [-0.4, -0.2) is 31.5 Å². The fraction of sp³-hybridized carbons (Fsp3) is 1.00. The Morgan fingerprint density at radius 2 is 1.15 bits per heavy atom. The van der Waals surface area contributed by atoms with Gasteiger partial charge >= 0.3 is 0 Å². The Morgan fingerprint density at radius 3 is 1.70 bits per heavy atom. The first-order valence-corrected chi connectivity index (χ1v) is 11.2. The van der Waals surface area contributed by atoms with Gasteiger partial charge in [-0.05, 0) is 37.0 Å². The van der Waals surface area contributed by atoms with Crippen molar-refractivity contribution in [3.05, 3.63) is 0 Å². The molecule has 20 heavy (non-hydrogen) atoms. The van der Waals surface area contributed by atoms with Crippen LogP contribution in [0.15, 0.2) is 0 Å². The summed E-state index contributed by atoms with van der Waals surface area (Å²) in [4.78, 5) is 0. The predicted molar refractivity (Wildman–Crippen MR) is 98.2 cm³/mol. The Bertz CT molecular complexity index is 335. The van der Waals surface area contributed by atoms with Gasteiger partial charge in [0.15, 0.2) is 0 Å². The van der Waals surface area contributed by atoms with Gasteiger partial charge in [0.1, 0.15) is 0 Å². The second kappa shape index (κ2) is 6.28. The van der Waals surface area contributed by atoms with E-state index in [9.17, 15) is 0 Å².